The van der Waals surface area contributed by atoms with E-state index in [0.29, 0.717) is 6.54 Å². The van der Waals surface area contributed by atoms with Crippen molar-refractivity contribution in [3.63, 3.8) is 0 Å². The Labute approximate surface area is 144 Å². The summed E-state index contributed by atoms with van der Waals surface area (Å²) in [5.74, 6) is 0.224. The maximum Gasteiger partial charge on any atom is 0.239 e. The lowest BCUT2D eigenvalue weighted by atomic mass is 9.99. The molecule has 0 bridgehead atoms. The smallest absolute Gasteiger partial charge is 0.239 e. The van der Waals surface area contributed by atoms with Gasteiger partial charge >= 0.3 is 0 Å². The van der Waals surface area contributed by atoms with Crippen LogP contribution in [0.1, 0.15) is 30.4 Å². The highest BCUT2D eigenvalue weighted by molar-refractivity contribution is 5.81. The topological polar surface area (TPSA) is 36.4 Å². The average molecular weight is 323 g/mol. The molecule has 1 aliphatic rings. The predicted molar refractivity (Wildman–Crippen MR) is 95.2 cm³/mol. The minimum Gasteiger partial charge on any atom is -0.340 e. The number of piperidine rings is 1. The molecule has 126 valence electrons. The standard InChI is InChI=1S/C20H25N3O/c1-22(15-18-10-12-21-13-11-18)20(24)19-9-5-6-14-23(19)16-17-7-3-2-4-8-17/h2-4,7-8,10-13,19H,5-6,9,14-16H2,1H3/t19-/m1/s1. The lowest BCUT2D eigenvalue weighted by molar-refractivity contribution is -0.137. The monoisotopic (exact) mass is 323 g/mol. The fourth-order valence-corrected chi connectivity index (χ4v) is 3.37. The Hall–Kier alpha value is -2.20. The molecule has 0 saturated carbocycles. The van der Waals surface area contributed by atoms with Gasteiger partial charge in [-0.3, -0.25) is 14.7 Å². The zero-order valence-electron chi connectivity index (χ0n) is 14.3. The molecule has 1 fully saturated rings. The van der Waals surface area contributed by atoms with Gasteiger partial charge in [0.15, 0.2) is 0 Å². The van der Waals surface area contributed by atoms with Crippen molar-refractivity contribution in [1.82, 2.24) is 14.8 Å². The number of pyridine rings is 1. The van der Waals surface area contributed by atoms with Gasteiger partial charge in [-0.05, 0) is 42.6 Å². The van der Waals surface area contributed by atoms with Crippen LogP contribution < -0.4 is 0 Å². The lowest BCUT2D eigenvalue weighted by Crippen LogP contribution is -2.49. The Morgan fingerprint density at radius 3 is 2.62 bits per heavy atom. The van der Waals surface area contributed by atoms with Crippen molar-refractivity contribution in [3.8, 4) is 0 Å². The van der Waals surface area contributed by atoms with Gasteiger partial charge in [-0.15, -0.1) is 0 Å². The third kappa shape index (κ3) is 4.20. The molecule has 3 rings (SSSR count). The average Bonchev–Trinajstić information content (AvgIpc) is 2.63. The van der Waals surface area contributed by atoms with E-state index in [1.165, 1.54) is 12.0 Å². The van der Waals surface area contributed by atoms with Crippen molar-refractivity contribution in [2.24, 2.45) is 0 Å². The quantitative estimate of drug-likeness (QED) is 0.848. The van der Waals surface area contributed by atoms with E-state index in [4.69, 9.17) is 0 Å². The molecular formula is C20H25N3O. The molecule has 2 aromatic rings. The van der Waals surface area contributed by atoms with E-state index in [9.17, 15) is 4.79 Å². The SMILES string of the molecule is CN(Cc1ccncc1)C(=O)[C@H]1CCCCN1Cc1ccccc1. The fraction of sp³-hybridized carbons (Fsp3) is 0.400. The number of rotatable bonds is 5. The molecule has 1 amide bonds. The summed E-state index contributed by atoms with van der Waals surface area (Å²) >= 11 is 0. The lowest BCUT2D eigenvalue weighted by Gasteiger charge is -2.36. The largest absolute Gasteiger partial charge is 0.340 e. The molecule has 1 atom stereocenters. The normalized spacial score (nSPS) is 18.3. The van der Waals surface area contributed by atoms with Gasteiger partial charge in [0.1, 0.15) is 0 Å². The molecular weight excluding hydrogens is 298 g/mol. The highest BCUT2D eigenvalue weighted by Gasteiger charge is 2.30. The zero-order chi connectivity index (χ0) is 16.8. The first-order valence-corrected chi connectivity index (χ1v) is 8.66. The third-order valence-corrected chi connectivity index (χ3v) is 4.67. The summed E-state index contributed by atoms with van der Waals surface area (Å²) in [7, 11) is 1.90. The highest BCUT2D eigenvalue weighted by atomic mass is 16.2. The maximum atomic E-state index is 13.0. The van der Waals surface area contributed by atoms with E-state index in [1.807, 2.05) is 30.1 Å². The van der Waals surface area contributed by atoms with Crippen molar-refractivity contribution in [3.05, 3.63) is 66.0 Å². The van der Waals surface area contributed by atoms with Gasteiger partial charge in [0.05, 0.1) is 6.04 Å². The van der Waals surface area contributed by atoms with Crippen molar-refractivity contribution < 1.29 is 4.79 Å². The number of carbonyl (C=O) groups excluding carboxylic acids is 1. The van der Waals surface area contributed by atoms with Crippen LogP contribution in [0.2, 0.25) is 0 Å². The minimum atomic E-state index is -0.00852. The summed E-state index contributed by atoms with van der Waals surface area (Å²) in [6.45, 7) is 2.48. The van der Waals surface area contributed by atoms with E-state index < -0.39 is 0 Å². The second kappa shape index (κ2) is 8.06. The van der Waals surface area contributed by atoms with Crippen LogP contribution in [0.5, 0.6) is 0 Å². The molecule has 0 N–H and O–H groups in total. The van der Waals surface area contributed by atoms with Gasteiger partial charge in [-0.1, -0.05) is 36.8 Å². The van der Waals surface area contributed by atoms with E-state index in [2.05, 4.69) is 34.1 Å². The fourth-order valence-electron chi connectivity index (χ4n) is 3.37. The summed E-state index contributed by atoms with van der Waals surface area (Å²) in [5, 5.41) is 0. The van der Waals surface area contributed by atoms with Crippen molar-refractivity contribution in [2.45, 2.75) is 38.4 Å². The number of benzene rings is 1. The Kier molecular flexibility index (Phi) is 5.59. The van der Waals surface area contributed by atoms with Crippen molar-refractivity contribution in [2.75, 3.05) is 13.6 Å². The molecule has 24 heavy (non-hydrogen) atoms. The van der Waals surface area contributed by atoms with Crippen molar-refractivity contribution >= 4 is 5.91 Å². The first-order valence-electron chi connectivity index (χ1n) is 8.66. The molecule has 0 aliphatic carbocycles. The number of hydrogen-bond donors (Lipinski definition) is 0. The van der Waals surface area contributed by atoms with Crippen LogP contribution in [0.3, 0.4) is 0 Å². The Bertz CT molecular complexity index is 644. The maximum absolute atomic E-state index is 13.0. The molecule has 1 aromatic carbocycles. The van der Waals surface area contributed by atoms with Gasteiger partial charge in [0.25, 0.3) is 0 Å². The second-order valence-electron chi connectivity index (χ2n) is 6.52. The van der Waals surface area contributed by atoms with Gasteiger partial charge < -0.3 is 4.90 Å². The molecule has 4 nitrogen and oxygen atoms in total. The Morgan fingerprint density at radius 1 is 1.12 bits per heavy atom. The molecule has 0 radical (unpaired) electrons. The van der Waals surface area contributed by atoms with E-state index >= 15 is 0 Å². The molecule has 0 unspecified atom stereocenters. The van der Waals surface area contributed by atoms with Gasteiger partial charge in [-0.25, -0.2) is 0 Å². The van der Waals surface area contributed by atoms with Crippen LogP contribution >= 0.6 is 0 Å². The summed E-state index contributed by atoms with van der Waals surface area (Å²) in [6.07, 6.45) is 6.80. The zero-order valence-corrected chi connectivity index (χ0v) is 14.3. The second-order valence-corrected chi connectivity index (χ2v) is 6.52. The van der Waals surface area contributed by atoms with Crippen LogP contribution in [0, 0.1) is 0 Å². The number of amides is 1. The van der Waals surface area contributed by atoms with Gasteiger partial charge in [0, 0.05) is 32.5 Å². The summed E-state index contributed by atoms with van der Waals surface area (Å²) < 4.78 is 0. The van der Waals surface area contributed by atoms with Crippen molar-refractivity contribution in [1.29, 1.82) is 0 Å². The van der Waals surface area contributed by atoms with Crippen LogP contribution in [0.25, 0.3) is 0 Å². The van der Waals surface area contributed by atoms with Crippen LogP contribution in [-0.4, -0.2) is 40.3 Å². The minimum absolute atomic E-state index is 0.00852. The number of hydrogen-bond acceptors (Lipinski definition) is 3. The van der Waals surface area contributed by atoms with E-state index in [1.54, 1.807) is 12.4 Å². The molecule has 1 aliphatic heterocycles. The number of aromatic nitrogens is 1. The van der Waals surface area contributed by atoms with Crippen LogP contribution in [-0.2, 0) is 17.9 Å². The van der Waals surface area contributed by atoms with E-state index in [0.717, 1.165) is 31.5 Å². The molecule has 2 heterocycles. The van der Waals surface area contributed by atoms with Gasteiger partial charge in [-0.2, -0.15) is 0 Å². The predicted octanol–water partition coefficient (Wildman–Crippen LogP) is 3.09. The molecule has 1 aromatic heterocycles. The van der Waals surface area contributed by atoms with E-state index in [-0.39, 0.29) is 11.9 Å². The Balaban J connectivity index is 1.66. The molecule has 1 saturated heterocycles. The first-order chi connectivity index (χ1) is 11.7. The molecule has 4 heteroatoms. The highest BCUT2D eigenvalue weighted by Crippen LogP contribution is 2.21. The number of likely N-dealkylation sites (N-methyl/N-ethyl adjacent to an activating group) is 1. The summed E-state index contributed by atoms with van der Waals surface area (Å²) in [6, 6.07) is 14.3. The third-order valence-electron chi connectivity index (χ3n) is 4.67. The number of likely N-dealkylation sites (tertiary alicyclic amines) is 1. The number of carbonyl (C=O) groups is 1. The summed E-state index contributed by atoms with van der Waals surface area (Å²) in [5.41, 5.74) is 2.39. The number of nitrogens with zero attached hydrogens (tertiary/aromatic N) is 3. The summed E-state index contributed by atoms with van der Waals surface area (Å²) in [4.78, 5) is 21.2. The van der Waals surface area contributed by atoms with Crippen LogP contribution in [0.15, 0.2) is 54.9 Å². The molecule has 0 spiro atoms. The van der Waals surface area contributed by atoms with Gasteiger partial charge in [0.2, 0.25) is 5.91 Å². The Morgan fingerprint density at radius 2 is 1.88 bits per heavy atom. The first kappa shape index (κ1) is 16.7. The van der Waals surface area contributed by atoms with Crippen LogP contribution in [0.4, 0.5) is 0 Å².